The zero-order chi connectivity index (χ0) is 29.8. The first-order valence-electron chi connectivity index (χ1n) is 14.1. The number of rotatable bonds is 7. The van der Waals surface area contributed by atoms with Gasteiger partial charge in [0.25, 0.3) is 5.91 Å². The van der Waals surface area contributed by atoms with Crippen molar-refractivity contribution < 1.29 is 19.1 Å². The number of amides is 3. The Morgan fingerprint density at radius 1 is 1.00 bits per heavy atom. The van der Waals surface area contributed by atoms with E-state index in [0.29, 0.717) is 66.1 Å². The zero-order valence-corrected chi connectivity index (χ0v) is 26.0. The Bertz CT molecular complexity index is 1440. The molecule has 0 aliphatic carbocycles. The number of piperidine rings is 2. The Hall–Kier alpha value is -2.98. The summed E-state index contributed by atoms with van der Waals surface area (Å²) in [5.74, 6) is -0.376. The van der Waals surface area contributed by atoms with Gasteiger partial charge in [0.2, 0.25) is 11.8 Å². The Labute approximate surface area is 260 Å². The number of thiazole rings is 1. The van der Waals surface area contributed by atoms with Gasteiger partial charge in [-0.3, -0.25) is 14.4 Å². The number of methoxy groups -OCH3 is 1. The van der Waals surface area contributed by atoms with Crippen molar-refractivity contribution in [1.29, 1.82) is 0 Å². The second-order valence-corrected chi connectivity index (χ2v) is 12.6. The predicted octanol–water partition coefficient (Wildman–Crippen LogP) is 5.64. The Morgan fingerprint density at radius 3 is 2.38 bits per heavy atom. The molecule has 2 atom stereocenters. The average molecular weight is 630 g/mol. The molecule has 5 rings (SSSR count). The number of halogens is 2. The van der Waals surface area contributed by atoms with Crippen LogP contribution in [0.5, 0.6) is 0 Å². The van der Waals surface area contributed by atoms with Crippen LogP contribution in [0.15, 0.2) is 48.5 Å². The summed E-state index contributed by atoms with van der Waals surface area (Å²) in [4.78, 5) is 48.0. The van der Waals surface area contributed by atoms with E-state index in [0.717, 1.165) is 16.1 Å². The van der Waals surface area contributed by atoms with E-state index in [9.17, 15) is 14.4 Å². The summed E-state index contributed by atoms with van der Waals surface area (Å²) in [5, 5.41) is 4.89. The summed E-state index contributed by atoms with van der Waals surface area (Å²) in [7, 11) is 1.58. The van der Waals surface area contributed by atoms with E-state index < -0.39 is 0 Å². The van der Waals surface area contributed by atoms with E-state index in [1.165, 1.54) is 11.3 Å². The van der Waals surface area contributed by atoms with Crippen molar-refractivity contribution in [3.8, 4) is 10.6 Å². The van der Waals surface area contributed by atoms with Crippen molar-refractivity contribution in [2.75, 3.05) is 33.3 Å². The molecule has 0 bridgehead atoms. The van der Waals surface area contributed by atoms with Crippen LogP contribution in [0.25, 0.3) is 10.6 Å². The summed E-state index contributed by atoms with van der Waals surface area (Å²) >= 11 is 14.0. The van der Waals surface area contributed by atoms with E-state index >= 15 is 0 Å². The number of hydrogen-bond donors (Lipinski definition) is 1. The lowest BCUT2D eigenvalue weighted by Gasteiger charge is -2.41. The van der Waals surface area contributed by atoms with Crippen LogP contribution < -0.4 is 5.32 Å². The summed E-state index contributed by atoms with van der Waals surface area (Å²) < 4.78 is 5.36. The normalized spacial score (nSPS) is 19.5. The van der Waals surface area contributed by atoms with Gasteiger partial charge in [-0.2, -0.15) is 0 Å². The molecule has 2 fully saturated rings. The Morgan fingerprint density at radius 2 is 1.71 bits per heavy atom. The summed E-state index contributed by atoms with van der Waals surface area (Å²) in [6, 6.07) is 15.0. The zero-order valence-electron chi connectivity index (χ0n) is 23.6. The van der Waals surface area contributed by atoms with Crippen molar-refractivity contribution in [2.45, 2.75) is 44.8 Å². The van der Waals surface area contributed by atoms with Crippen molar-refractivity contribution >= 4 is 52.3 Å². The largest absolute Gasteiger partial charge is 0.378 e. The van der Waals surface area contributed by atoms with Gasteiger partial charge >= 0.3 is 0 Å². The maximum atomic E-state index is 13.7. The fourth-order valence-corrected chi connectivity index (χ4v) is 7.09. The highest BCUT2D eigenvalue weighted by Crippen LogP contribution is 2.34. The monoisotopic (exact) mass is 628 g/mol. The topological polar surface area (TPSA) is 91.8 Å². The van der Waals surface area contributed by atoms with Gasteiger partial charge in [0.1, 0.15) is 9.88 Å². The highest BCUT2D eigenvalue weighted by atomic mass is 35.5. The molecule has 2 saturated heterocycles. The third-order valence-electron chi connectivity index (χ3n) is 8.11. The molecule has 11 heteroatoms. The molecule has 222 valence electrons. The number of ether oxygens (including phenoxy) is 1. The summed E-state index contributed by atoms with van der Waals surface area (Å²) in [5.41, 5.74) is 2.44. The Kier molecular flexibility index (Phi) is 9.83. The molecule has 2 aliphatic rings. The Balaban J connectivity index is 1.36. The molecule has 2 aromatic carbocycles. The molecule has 3 heterocycles. The molecule has 8 nitrogen and oxygen atoms in total. The fraction of sp³-hybridized carbons (Fsp3) is 0.419. The van der Waals surface area contributed by atoms with Crippen LogP contribution in [-0.4, -0.2) is 71.8 Å². The van der Waals surface area contributed by atoms with Crippen LogP contribution in [0.1, 0.15) is 53.0 Å². The first-order chi connectivity index (χ1) is 20.2. The third-order valence-corrected chi connectivity index (χ3v) is 9.99. The van der Waals surface area contributed by atoms with E-state index in [1.54, 1.807) is 25.0 Å². The van der Waals surface area contributed by atoms with Crippen LogP contribution in [-0.2, 0) is 20.9 Å². The number of hydrogen-bond acceptors (Lipinski definition) is 6. The number of carbonyl (C=O) groups excluding carboxylic acids is 3. The van der Waals surface area contributed by atoms with Crippen LogP contribution in [0, 0.1) is 5.92 Å². The minimum atomic E-state index is -0.240. The van der Waals surface area contributed by atoms with Gasteiger partial charge in [-0.25, -0.2) is 4.98 Å². The van der Waals surface area contributed by atoms with E-state index in [1.807, 2.05) is 47.4 Å². The lowest BCUT2D eigenvalue weighted by atomic mass is 9.84. The molecule has 42 heavy (non-hydrogen) atoms. The molecule has 1 N–H and O–H groups in total. The van der Waals surface area contributed by atoms with Gasteiger partial charge in [0.05, 0.1) is 22.3 Å². The smallest absolute Gasteiger partial charge is 0.263 e. The molecule has 0 spiro atoms. The third kappa shape index (κ3) is 6.80. The predicted molar refractivity (Wildman–Crippen MR) is 165 cm³/mol. The standard InChI is InChI=1S/C31H34Cl2N4O4S/c1-19(38)36-13-10-21(11-14-36)31(40)37-15-12-26(23(17-37)22-8-9-24(32)25(33)16-22)34-29(39)28-27(18-41-2)35-30(42-28)20-6-4-3-5-7-20/h3-9,16,21,23,26H,10-15,17-18H2,1-2H3,(H,34,39). The second kappa shape index (κ2) is 13.5. The number of nitrogens with zero attached hydrogens (tertiary/aromatic N) is 3. The number of carbonyl (C=O) groups is 3. The average Bonchev–Trinajstić information content (AvgIpc) is 3.43. The maximum Gasteiger partial charge on any atom is 0.263 e. The highest BCUT2D eigenvalue weighted by Gasteiger charge is 2.37. The number of nitrogens with one attached hydrogen (secondary N) is 1. The molecule has 1 aromatic heterocycles. The molecule has 0 radical (unpaired) electrons. The number of aromatic nitrogens is 1. The second-order valence-electron chi connectivity index (χ2n) is 10.8. The lowest BCUT2D eigenvalue weighted by Crippen LogP contribution is -2.53. The SMILES string of the molecule is COCc1nc(-c2ccccc2)sc1C(=O)NC1CCN(C(=O)C2CCN(C(C)=O)CC2)CC1c1ccc(Cl)c(Cl)c1. The van der Waals surface area contributed by atoms with Gasteiger partial charge in [-0.15, -0.1) is 11.3 Å². The molecule has 3 amide bonds. The first-order valence-corrected chi connectivity index (χ1v) is 15.7. The molecule has 2 unspecified atom stereocenters. The quantitative estimate of drug-likeness (QED) is 0.366. The van der Waals surface area contributed by atoms with Crippen LogP contribution in [0.2, 0.25) is 10.0 Å². The van der Waals surface area contributed by atoms with Gasteiger partial charge in [-0.1, -0.05) is 59.6 Å². The number of benzene rings is 2. The van der Waals surface area contributed by atoms with Gasteiger partial charge < -0.3 is 19.9 Å². The summed E-state index contributed by atoms with van der Waals surface area (Å²) in [6.07, 6.45) is 1.90. The molecule has 2 aliphatic heterocycles. The van der Waals surface area contributed by atoms with Crippen LogP contribution >= 0.6 is 34.5 Å². The van der Waals surface area contributed by atoms with Crippen molar-refractivity contribution in [3.05, 3.63) is 74.7 Å². The van der Waals surface area contributed by atoms with E-state index in [2.05, 4.69) is 5.32 Å². The van der Waals surface area contributed by atoms with Crippen molar-refractivity contribution in [3.63, 3.8) is 0 Å². The van der Waals surface area contributed by atoms with Crippen molar-refractivity contribution in [2.24, 2.45) is 5.92 Å². The van der Waals surface area contributed by atoms with Gasteiger partial charge in [0, 0.05) is 63.7 Å². The van der Waals surface area contributed by atoms with Gasteiger partial charge in [0.15, 0.2) is 0 Å². The van der Waals surface area contributed by atoms with Crippen LogP contribution in [0.4, 0.5) is 0 Å². The van der Waals surface area contributed by atoms with Gasteiger partial charge in [-0.05, 0) is 37.0 Å². The number of likely N-dealkylation sites (tertiary alicyclic amines) is 2. The minimum absolute atomic E-state index is 0.0441. The molecular formula is C31H34Cl2N4O4S. The minimum Gasteiger partial charge on any atom is -0.378 e. The maximum absolute atomic E-state index is 13.7. The summed E-state index contributed by atoms with van der Waals surface area (Å²) in [6.45, 7) is 3.94. The first kappa shape index (κ1) is 30.5. The molecule has 3 aromatic rings. The fourth-order valence-electron chi connectivity index (χ4n) is 5.81. The lowest BCUT2D eigenvalue weighted by molar-refractivity contribution is -0.141. The van der Waals surface area contributed by atoms with E-state index in [4.69, 9.17) is 32.9 Å². The van der Waals surface area contributed by atoms with E-state index in [-0.39, 0.29) is 42.2 Å². The van der Waals surface area contributed by atoms with Crippen LogP contribution in [0.3, 0.4) is 0 Å². The molecule has 0 saturated carbocycles. The molecular weight excluding hydrogens is 595 g/mol. The highest BCUT2D eigenvalue weighted by molar-refractivity contribution is 7.17. The van der Waals surface area contributed by atoms with Crippen molar-refractivity contribution in [1.82, 2.24) is 20.1 Å².